The summed E-state index contributed by atoms with van der Waals surface area (Å²) in [5, 5.41) is 0. The number of likely N-dealkylation sites (tertiary alicyclic amines) is 1. The average molecular weight is 566 g/mol. The topological polar surface area (TPSA) is 128 Å². The molecule has 2 aromatic carbocycles. The highest BCUT2D eigenvalue weighted by Gasteiger charge is 2.43. The number of carbonyl (C=O) groups is 4. The molecule has 5 rings (SSSR count). The third-order valence-corrected chi connectivity index (χ3v) is 9.34. The number of rotatable bonds is 9. The van der Waals surface area contributed by atoms with E-state index in [1.807, 2.05) is 24.3 Å². The van der Waals surface area contributed by atoms with Crippen LogP contribution in [-0.4, -0.2) is 67.2 Å². The Morgan fingerprint density at radius 1 is 1.07 bits per heavy atom. The molecular formula is C29H35N3O7Si. The van der Waals surface area contributed by atoms with Gasteiger partial charge in [-0.05, 0) is 47.4 Å². The van der Waals surface area contributed by atoms with Gasteiger partial charge in [-0.3, -0.25) is 19.3 Å². The highest BCUT2D eigenvalue weighted by Crippen LogP contribution is 2.38. The van der Waals surface area contributed by atoms with Crippen molar-refractivity contribution in [1.82, 2.24) is 9.80 Å². The number of fused-ring (bicyclic) bond motifs is 2. The van der Waals surface area contributed by atoms with Crippen molar-refractivity contribution in [3.63, 3.8) is 0 Å². The van der Waals surface area contributed by atoms with Crippen molar-refractivity contribution in [3.05, 3.63) is 64.7 Å². The van der Waals surface area contributed by atoms with Crippen molar-refractivity contribution < 1.29 is 33.4 Å². The van der Waals surface area contributed by atoms with Gasteiger partial charge in [0.15, 0.2) is 6.10 Å². The minimum Gasteiger partial charge on any atom is -0.486 e. The molecule has 0 radical (unpaired) electrons. The second-order valence-corrected chi connectivity index (χ2v) is 17.4. The molecule has 2 unspecified atom stereocenters. The Morgan fingerprint density at radius 3 is 2.60 bits per heavy atom. The van der Waals surface area contributed by atoms with Gasteiger partial charge in [-0.25, -0.2) is 4.79 Å². The zero-order valence-electron chi connectivity index (χ0n) is 23.1. The van der Waals surface area contributed by atoms with E-state index in [0.29, 0.717) is 24.3 Å². The summed E-state index contributed by atoms with van der Waals surface area (Å²) in [6.45, 7) is 7.33. The molecule has 0 saturated carbocycles. The number of carbonyl (C=O) groups excluding carboxylic acids is 4. The van der Waals surface area contributed by atoms with Crippen LogP contribution in [0.5, 0.6) is 5.75 Å². The van der Waals surface area contributed by atoms with Crippen LogP contribution in [0.2, 0.25) is 25.7 Å². The van der Waals surface area contributed by atoms with Crippen LogP contribution < -0.4 is 10.5 Å². The van der Waals surface area contributed by atoms with Crippen LogP contribution in [0.1, 0.15) is 46.0 Å². The lowest BCUT2D eigenvalue weighted by Crippen LogP contribution is -2.55. The highest BCUT2D eigenvalue weighted by atomic mass is 28.3. The molecule has 212 valence electrons. The molecule has 11 heteroatoms. The van der Waals surface area contributed by atoms with Gasteiger partial charge >= 0.3 is 6.09 Å². The van der Waals surface area contributed by atoms with E-state index in [2.05, 4.69) is 19.6 Å². The van der Waals surface area contributed by atoms with Crippen LogP contribution in [0.15, 0.2) is 42.5 Å². The summed E-state index contributed by atoms with van der Waals surface area (Å²) in [5.74, 6) is -0.416. The maximum absolute atomic E-state index is 13.3. The van der Waals surface area contributed by atoms with Crippen molar-refractivity contribution in [2.24, 2.45) is 5.73 Å². The Balaban J connectivity index is 1.26. The molecule has 0 aromatic heterocycles. The Morgan fingerprint density at radius 2 is 1.85 bits per heavy atom. The molecule has 0 spiro atoms. The summed E-state index contributed by atoms with van der Waals surface area (Å²) in [7, 11) is -1.31. The third-order valence-electron chi connectivity index (χ3n) is 7.64. The molecule has 1 aliphatic carbocycles. The monoisotopic (exact) mass is 565 g/mol. The molecule has 4 amide bonds. The fraction of sp³-hybridized carbons (Fsp3) is 0.448. The number of ether oxygens (including phenoxy) is 3. The van der Waals surface area contributed by atoms with Gasteiger partial charge < -0.3 is 24.8 Å². The Bertz CT molecular complexity index is 1340. The van der Waals surface area contributed by atoms with Gasteiger partial charge in [0, 0.05) is 39.6 Å². The molecule has 40 heavy (non-hydrogen) atoms. The minimum absolute atomic E-state index is 0.0933. The summed E-state index contributed by atoms with van der Waals surface area (Å²) in [5.41, 5.74) is 8.42. The van der Waals surface area contributed by atoms with E-state index in [1.54, 1.807) is 18.2 Å². The van der Waals surface area contributed by atoms with Crippen LogP contribution in [0.4, 0.5) is 4.79 Å². The van der Waals surface area contributed by atoms with Gasteiger partial charge in [-0.15, -0.1) is 0 Å². The predicted octanol–water partition coefficient (Wildman–Crippen LogP) is 3.61. The molecule has 1 saturated heterocycles. The van der Waals surface area contributed by atoms with Crippen LogP contribution in [0, 0.1) is 0 Å². The lowest BCUT2D eigenvalue weighted by Gasteiger charge is -2.35. The predicted molar refractivity (Wildman–Crippen MR) is 148 cm³/mol. The number of hydrogen-bond acceptors (Lipinski definition) is 7. The first-order chi connectivity index (χ1) is 19.0. The summed E-state index contributed by atoms with van der Waals surface area (Å²) in [6.07, 6.45) is -1.01. The van der Waals surface area contributed by atoms with Gasteiger partial charge in [-0.2, -0.15) is 0 Å². The number of piperidine rings is 1. The summed E-state index contributed by atoms with van der Waals surface area (Å²) >= 11 is 0. The zero-order valence-corrected chi connectivity index (χ0v) is 24.1. The van der Waals surface area contributed by atoms with Crippen molar-refractivity contribution in [2.45, 2.75) is 69.7 Å². The summed E-state index contributed by atoms with van der Waals surface area (Å²) in [6, 6.07) is 13.0. The number of imide groups is 1. The molecule has 2 aromatic rings. The average Bonchev–Trinajstić information content (AvgIpc) is 3.39. The second-order valence-electron chi connectivity index (χ2n) is 11.7. The standard InChI is InChI=1S/C29H35N3O7Si/c1-40(2,3)13-12-37-17-32-25(33)11-10-23(28(32)35)31-16-19-14-20(8-9-22(19)27(31)34)38-24-15-18-6-4-5-7-21(18)26(24)39-29(30)36/h4-9,14,23-24,26H,10-13,15-17H2,1-3H3,(H2,30,36)/t23?,24?,26-/m0/s1. The van der Waals surface area contributed by atoms with E-state index in [0.717, 1.165) is 27.6 Å². The fourth-order valence-corrected chi connectivity index (χ4v) is 6.25. The Labute approximate surface area is 234 Å². The first kappa shape index (κ1) is 27.8. The lowest BCUT2D eigenvalue weighted by atomic mass is 10.0. The molecule has 0 bridgehead atoms. The van der Waals surface area contributed by atoms with Crippen LogP contribution >= 0.6 is 0 Å². The quantitative estimate of drug-likeness (QED) is 0.279. The van der Waals surface area contributed by atoms with Gasteiger partial charge in [-0.1, -0.05) is 43.9 Å². The zero-order chi connectivity index (χ0) is 28.6. The molecule has 2 aliphatic heterocycles. The van der Waals surface area contributed by atoms with Crippen LogP contribution in [0.3, 0.4) is 0 Å². The normalized spacial score (nSPS) is 22.4. The number of nitrogens with zero attached hydrogens (tertiary/aromatic N) is 2. The molecule has 1 fully saturated rings. The first-order valence-corrected chi connectivity index (χ1v) is 17.3. The van der Waals surface area contributed by atoms with Crippen LogP contribution in [-0.2, 0) is 32.0 Å². The largest absolute Gasteiger partial charge is 0.486 e. The molecule has 10 nitrogen and oxygen atoms in total. The SMILES string of the molecule is C[Si](C)(C)CCOCN1C(=O)CCC(N2Cc3cc(OC4Cc5ccccc5[C@@H]4OC(N)=O)ccc3C2=O)C1=O. The van der Waals surface area contributed by atoms with Gasteiger partial charge in [0.2, 0.25) is 5.91 Å². The Hall–Kier alpha value is -3.70. The lowest BCUT2D eigenvalue weighted by molar-refractivity contribution is -0.158. The van der Waals surface area contributed by atoms with Gasteiger partial charge in [0.1, 0.15) is 24.6 Å². The second kappa shape index (κ2) is 11.1. The van der Waals surface area contributed by atoms with Gasteiger partial charge in [0.25, 0.3) is 11.8 Å². The summed E-state index contributed by atoms with van der Waals surface area (Å²) in [4.78, 5) is 53.4. The van der Waals surface area contributed by atoms with E-state index in [-0.39, 0.29) is 37.9 Å². The fourth-order valence-electron chi connectivity index (χ4n) is 5.49. The van der Waals surface area contributed by atoms with Crippen molar-refractivity contribution in [3.8, 4) is 5.75 Å². The smallest absolute Gasteiger partial charge is 0.405 e. The van der Waals surface area contributed by atoms with Crippen molar-refractivity contribution >= 4 is 31.9 Å². The summed E-state index contributed by atoms with van der Waals surface area (Å²) < 4.78 is 17.3. The maximum atomic E-state index is 13.3. The Kier molecular flexibility index (Phi) is 7.69. The van der Waals surface area contributed by atoms with E-state index in [1.165, 1.54) is 4.90 Å². The first-order valence-electron chi connectivity index (χ1n) is 13.6. The van der Waals surface area contributed by atoms with Crippen LogP contribution in [0.25, 0.3) is 0 Å². The molecule has 3 atom stereocenters. The molecular weight excluding hydrogens is 530 g/mol. The number of primary amides is 1. The maximum Gasteiger partial charge on any atom is 0.405 e. The number of benzene rings is 2. The number of amides is 4. The highest BCUT2D eigenvalue weighted by molar-refractivity contribution is 6.76. The molecule has 3 aliphatic rings. The van der Waals surface area contributed by atoms with Gasteiger partial charge in [0.05, 0.1) is 0 Å². The molecule has 2 heterocycles. The third kappa shape index (κ3) is 5.75. The minimum atomic E-state index is -1.31. The van der Waals surface area contributed by atoms with Crippen molar-refractivity contribution in [1.29, 1.82) is 0 Å². The van der Waals surface area contributed by atoms with E-state index < -0.39 is 38.3 Å². The van der Waals surface area contributed by atoms with Crippen molar-refractivity contribution in [2.75, 3.05) is 13.3 Å². The van der Waals surface area contributed by atoms with E-state index >= 15 is 0 Å². The number of nitrogens with two attached hydrogens (primary N) is 1. The van der Waals surface area contributed by atoms with E-state index in [4.69, 9.17) is 19.9 Å². The number of hydrogen-bond donors (Lipinski definition) is 1. The molecule has 2 N–H and O–H groups in total. The van der Waals surface area contributed by atoms with E-state index in [9.17, 15) is 19.2 Å².